The molecule has 0 atom stereocenters. The summed E-state index contributed by atoms with van der Waals surface area (Å²) in [6, 6.07) is 5.72. The van der Waals surface area contributed by atoms with Crippen molar-refractivity contribution in [3.8, 4) is 5.75 Å². The molecule has 0 aliphatic carbocycles. The van der Waals surface area contributed by atoms with Crippen LogP contribution < -0.4 is 10.2 Å². The summed E-state index contributed by atoms with van der Waals surface area (Å²) in [6.45, 7) is 4.71. The predicted molar refractivity (Wildman–Crippen MR) is 99.0 cm³/mol. The molecule has 1 heterocycles. The van der Waals surface area contributed by atoms with Crippen molar-refractivity contribution in [1.29, 1.82) is 0 Å². The molecule has 0 saturated carbocycles. The number of hydrogen-bond donors (Lipinski definition) is 1. The minimum absolute atomic E-state index is 0.168. The van der Waals surface area contributed by atoms with Crippen LogP contribution in [-0.2, 0) is 16.0 Å². The number of benzene rings is 1. The van der Waals surface area contributed by atoms with Gasteiger partial charge in [-0.3, -0.25) is 10.2 Å². The van der Waals surface area contributed by atoms with E-state index >= 15 is 0 Å². The van der Waals surface area contributed by atoms with Crippen LogP contribution in [0.5, 0.6) is 5.75 Å². The Bertz CT molecular complexity index is 718. The maximum absolute atomic E-state index is 11.4. The molecule has 0 fully saturated rings. The predicted octanol–water partition coefficient (Wildman–Crippen LogP) is 3.86. The summed E-state index contributed by atoms with van der Waals surface area (Å²) in [4.78, 5) is 15.7. The smallest absolute Gasteiger partial charge is 0.311 e. The molecule has 0 bridgehead atoms. The third kappa shape index (κ3) is 5.61. The molecule has 0 aliphatic heterocycles. The summed E-state index contributed by atoms with van der Waals surface area (Å²) in [5.74, 6) is 0.517. The number of thiazole rings is 1. The van der Waals surface area contributed by atoms with E-state index in [-0.39, 0.29) is 12.4 Å². The van der Waals surface area contributed by atoms with Crippen LogP contribution in [-0.4, -0.2) is 30.4 Å². The molecule has 2 rings (SSSR count). The van der Waals surface area contributed by atoms with Crippen molar-refractivity contribution in [3.63, 3.8) is 0 Å². The Hall–Kier alpha value is -1.93. The lowest BCUT2D eigenvalue weighted by Crippen LogP contribution is -2.07. The van der Waals surface area contributed by atoms with Crippen LogP contribution in [0.4, 0.5) is 5.13 Å². The van der Waals surface area contributed by atoms with Crippen molar-refractivity contribution in [2.45, 2.75) is 20.3 Å². The van der Waals surface area contributed by atoms with Crippen LogP contribution in [0.3, 0.4) is 0 Å². The Balaban J connectivity index is 1.91. The van der Waals surface area contributed by atoms with E-state index in [4.69, 9.17) is 9.47 Å². The lowest BCUT2D eigenvalue weighted by atomic mass is 10.2. The van der Waals surface area contributed by atoms with Gasteiger partial charge in [-0.25, -0.2) is 4.98 Å². The highest BCUT2D eigenvalue weighted by Crippen LogP contribution is 2.25. The first-order valence-corrected chi connectivity index (χ1v) is 9.11. The van der Waals surface area contributed by atoms with Crippen LogP contribution in [0.25, 0.3) is 0 Å². The van der Waals surface area contributed by atoms with Crippen LogP contribution in [0.2, 0.25) is 0 Å². The van der Waals surface area contributed by atoms with Gasteiger partial charge in [-0.2, -0.15) is 5.10 Å². The number of nitrogens with one attached hydrogen (secondary N) is 1. The van der Waals surface area contributed by atoms with Crippen molar-refractivity contribution in [1.82, 2.24) is 4.98 Å². The fourth-order valence-electron chi connectivity index (χ4n) is 1.83. The Labute approximate surface area is 153 Å². The highest BCUT2D eigenvalue weighted by molar-refractivity contribution is 9.10. The third-order valence-corrected chi connectivity index (χ3v) is 4.23. The maximum Gasteiger partial charge on any atom is 0.311 e. The van der Waals surface area contributed by atoms with E-state index in [1.54, 1.807) is 13.1 Å². The van der Waals surface area contributed by atoms with E-state index < -0.39 is 0 Å². The number of hydrazone groups is 1. The lowest BCUT2D eigenvalue weighted by Gasteiger charge is -2.05. The molecule has 0 amide bonds. The highest BCUT2D eigenvalue weighted by atomic mass is 79.9. The minimum Gasteiger partial charge on any atom is -0.493 e. The molecule has 0 spiro atoms. The number of ether oxygens (including phenoxy) is 2. The largest absolute Gasteiger partial charge is 0.493 e. The second kappa shape index (κ2) is 9.39. The van der Waals surface area contributed by atoms with E-state index in [0.717, 1.165) is 15.8 Å². The quantitative estimate of drug-likeness (QED) is 0.405. The van der Waals surface area contributed by atoms with E-state index in [9.17, 15) is 4.79 Å². The summed E-state index contributed by atoms with van der Waals surface area (Å²) in [7, 11) is 0. The summed E-state index contributed by atoms with van der Waals surface area (Å²) in [5, 5.41) is 6.58. The number of carbonyl (C=O) groups excluding carboxylic acids is 1. The topological polar surface area (TPSA) is 72.8 Å². The Kier molecular flexibility index (Phi) is 7.20. The van der Waals surface area contributed by atoms with E-state index in [0.29, 0.717) is 24.0 Å². The van der Waals surface area contributed by atoms with Gasteiger partial charge >= 0.3 is 5.97 Å². The van der Waals surface area contributed by atoms with Crippen molar-refractivity contribution >= 4 is 44.6 Å². The van der Waals surface area contributed by atoms with Gasteiger partial charge in [0.1, 0.15) is 5.75 Å². The first-order chi connectivity index (χ1) is 11.6. The zero-order valence-electron chi connectivity index (χ0n) is 13.4. The first-order valence-electron chi connectivity index (χ1n) is 7.43. The number of rotatable bonds is 8. The molecular formula is C16H18BrN3O3S. The normalized spacial score (nSPS) is 10.8. The van der Waals surface area contributed by atoms with Gasteiger partial charge in [0.2, 0.25) is 5.13 Å². The Morgan fingerprint density at radius 2 is 2.25 bits per heavy atom. The van der Waals surface area contributed by atoms with Gasteiger partial charge in [-0.1, -0.05) is 0 Å². The first kappa shape index (κ1) is 18.4. The molecule has 0 saturated heterocycles. The molecule has 8 heteroatoms. The molecule has 24 heavy (non-hydrogen) atoms. The summed E-state index contributed by atoms with van der Waals surface area (Å²) < 4.78 is 11.2. The maximum atomic E-state index is 11.4. The van der Waals surface area contributed by atoms with Gasteiger partial charge in [0, 0.05) is 5.38 Å². The average Bonchev–Trinajstić information content (AvgIpc) is 2.97. The fraction of sp³-hybridized carbons (Fsp3) is 0.312. The van der Waals surface area contributed by atoms with Crippen molar-refractivity contribution < 1.29 is 14.3 Å². The van der Waals surface area contributed by atoms with Crippen molar-refractivity contribution in [3.05, 3.63) is 39.3 Å². The molecule has 0 unspecified atom stereocenters. The zero-order chi connectivity index (χ0) is 17.4. The van der Waals surface area contributed by atoms with Gasteiger partial charge in [0.15, 0.2) is 0 Å². The number of esters is 1. The standard InChI is InChI=1S/C16H18BrN3O3S/c1-3-22-14-6-5-11(7-13(14)17)9-18-20-16-19-12(10-24-16)8-15(21)23-4-2/h5-7,9-10H,3-4,8H2,1-2H3,(H,19,20). The van der Waals surface area contributed by atoms with Crippen LogP contribution in [0.15, 0.2) is 33.2 Å². The molecule has 1 N–H and O–H groups in total. The van der Waals surface area contributed by atoms with Gasteiger partial charge in [-0.15, -0.1) is 11.3 Å². The molecule has 0 aliphatic rings. The molecule has 128 valence electrons. The van der Waals surface area contributed by atoms with Crippen molar-refractivity contribution in [2.75, 3.05) is 18.6 Å². The van der Waals surface area contributed by atoms with Gasteiger partial charge in [0.25, 0.3) is 0 Å². The van der Waals surface area contributed by atoms with E-state index in [1.807, 2.05) is 30.5 Å². The van der Waals surface area contributed by atoms with Crippen LogP contribution in [0.1, 0.15) is 25.1 Å². The minimum atomic E-state index is -0.280. The number of nitrogens with zero attached hydrogens (tertiary/aromatic N) is 2. The molecular weight excluding hydrogens is 394 g/mol. The lowest BCUT2D eigenvalue weighted by molar-refractivity contribution is -0.142. The van der Waals surface area contributed by atoms with Crippen molar-refractivity contribution in [2.24, 2.45) is 5.10 Å². The Morgan fingerprint density at radius 1 is 1.42 bits per heavy atom. The highest BCUT2D eigenvalue weighted by Gasteiger charge is 2.08. The second-order valence-electron chi connectivity index (χ2n) is 4.62. The van der Waals surface area contributed by atoms with Gasteiger partial charge < -0.3 is 9.47 Å². The summed E-state index contributed by atoms with van der Waals surface area (Å²) in [6.07, 6.45) is 1.86. The molecule has 0 radical (unpaired) electrons. The molecule has 6 nitrogen and oxygen atoms in total. The second-order valence-corrected chi connectivity index (χ2v) is 6.33. The SMILES string of the molecule is CCOC(=O)Cc1csc(NN=Cc2ccc(OCC)c(Br)c2)n1. The number of halogens is 1. The fourth-order valence-corrected chi connectivity index (χ4v) is 3.00. The monoisotopic (exact) mass is 411 g/mol. The number of aromatic nitrogens is 1. The summed E-state index contributed by atoms with van der Waals surface area (Å²) >= 11 is 4.85. The number of hydrogen-bond acceptors (Lipinski definition) is 7. The van der Waals surface area contributed by atoms with Gasteiger partial charge in [-0.05, 0) is 53.5 Å². The zero-order valence-corrected chi connectivity index (χ0v) is 15.8. The molecule has 1 aromatic carbocycles. The van der Waals surface area contributed by atoms with E-state index in [1.165, 1.54) is 11.3 Å². The molecule has 1 aromatic heterocycles. The molecule has 2 aromatic rings. The van der Waals surface area contributed by atoms with Crippen LogP contribution in [0, 0.1) is 0 Å². The number of carbonyl (C=O) groups is 1. The van der Waals surface area contributed by atoms with E-state index in [2.05, 4.69) is 31.4 Å². The van der Waals surface area contributed by atoms with Crippen LogP contribution >= 0.6 is 27.3 Å². The number of anilines is 1. The van der Waals surface area contributed by atoms with Gasteiger partial charge in [0.05, 0.1) is 36.0 Å². The Morgan fingerprint density at radius 3 is 2.96 bits per heavy atom. The average molecular weight is 412 g/mol. The summed E-state index contributed by atoms with van der Waals surface area (Å²) in [5.41, 5.74) is 4.44. The third-order valence-electron chi connectivity index (χ3n) is 2.81.